The summed E-state index contributed by atoms with van der Waals surface area (Å²) in [7, 11) is 11.3. The molecule has 0 spiro atoms. The number of hydrogen-bond acceptors (Lipinski definition) is 16. The maximum atomic E-state index is 13.3. The summed E-state index contributed by atoms with van der Waals surface area (Å²) in [6.45, 7) is 2.63. The number of aryl methyl sites for hydroxylation is 6. The molecule has 1 aliphatic heterocycles. The van der Waals surface area contributed by atoms with Gasteiger partial charge in [-0.1, -0.05) is 6.92 Å². The molecular formula is C53H68N22O11. The Kier molecular flexibility index (Phi) is 20.7. The molecule has 0 bridgehead atoms. The average molecular weight is 1190 g/mol. The number of nitrogens with zero attached hydrogens (tertiary/aromatic N) is 11. The molecule has 11 N–H and O–H groups in total. The van der Waals surface area contributed by atoms with Crippen molar-refractivity contribution < 1.29 is 52.7 Å². The molecule has 0 aliphatic carbocycles. The lowest BCUT2D eigenvalue weighted by molar-refractivity contribution is -0.121. The lowest BCUT2D eigenvalue weighted by Gasteiger charge is -2.17. The first-order chi connectivity index (χ1) is 41.0. The molecule has 0 fully saturated rings. The summed E-state index contributed by atoms with van der Waals surface area (Å²) in [5, 5.41) is 29.4. The van der Waals surface area contributed by atoms with E-state index in [1.165, 1.54) is 66.0 Å². The van der Waals surface area contributed by atoms with Gasteiger partial charge in [-0.15, -0.1) is 0 Å². The van der Waals surface area contributed by atoms with E-state index >= 15 is 0 Å². The number of likely N-dealkylation sites (N-methyl/N-ethyl adjacent to an activating group) is 1. The Hall–Kier alpha value is -10.9. The van der Waals surface area contributed by atoms with Crippen LogP contribution in [0.25, 0.3) is 0 Å². The highest BCUT2D eigenvalue weighted by Gasteiger charge is 2.29. The van der Waals surface area contributed by atoms with Gasteiger partial charge in [0.05, 0.1) is 17.4 Å². The van der Waals surface area contributed by atoms with Gasteiger partial charge in [0.2, 0.25) is 41.1 Å². The number of anilines is 5. The average Bonchev–Trinajstić information content (AvgIpc) is 3.79. The first kappa shape index (κ1) is 62.7. The minimum Gasteiger partial charge on any atom is -0.368 e. The number of amides is 11. The molecule has 0 saturated carbocycles. The SMILES string of the molecule is CCCNC(=O)CCNC(=O)c1nc(NC(=O)c2cc(NC(=O)CCNC(=O)c3nc(NC(=O)CCNC(=O)C4=CC(NC(=O)c5nc(NC(=O)CCNC(=O)c6cc(NC(=O)c7nccn7C)cn6C)cn5C)CN4C)cn3C)cn2C)cn1C. The van der Waals surface area contributed by atoms with Crippen LogP contribution in [0.1, 0.15) is 102 Å². The molecule has 1 unspecified atom stereocenters. The Morgan fingerprint density at radius 1 is 0.442 bits per heavy atom. The molecule has 456 valence electrons. The summed E-state index contributed by atoms with van der Waals surface area (Å²) >= 11 is 0. The molecule has 1 atom stereocenters. The first-order valence-corrected chi connectivity index (χ1v) is 27.0. The largest absolute Gasteiger partial charge is 0.368 e. The molecule has 86 heavy (non-hydrogen) atoms. The van der Waals surface area contributed by atoms with Crippen molar-refractivity contribution in [2.75, 3.05) is 72.9 Å². The lowest BCUT2D eigenvalue weighted by Crippen LogP contribution is -2.38. The van der Waals surface area contributed by atoms with Crippen LogP contribution < -0.4 is 58.5 Å². The van der Waals surface area contributed by atoms with Gasteiger partial charge in [0, 0.05) is 158 Å². The molecular weight excluding hydrogens is 1120 g/mol. The van der Waals surface area contributed by atoms with Crippen molar-refractivity contribution in [3.63, 3.8) is 0 Å². The first-order valence-electron chi connectivity index (χ1n) is 27.0. The van der Waals surface area contributed by atoms with Crippen LogP contribution >= 0.6 is 0 Å². The molecule has 0 saturated heterocycles. The highest BCUT2D eigenvalue weighted by Crippen LogP contribution is 2.19. The van der Waals surface area contributed by atoms with Crippen molar-refractivity contribution in [1.29, 1.82) is 0 Å². The predicted octanol–water partition coefficient (Wildman–Crippen LogP) is -0.962. The van der Waals surface area contributed by atoms with E-state index in [0.29, 0.717) is 17.9 Å². The van der Waals surface area contributed by atoms with Crippen LogP contribution in [0.5, 0.6) is 0 Å². The van der Waals surface area contributed by atoms with Crippen molar-refractivity contribution in [2.45, 2.75) is 45.1 Å². The molecule has 33 nitrogen and oxygen atoms in total. The van der Waals surface area contributed by atoms with Gasteiger partial charge < -0.3 is 90.8 Å². The molecule has 6 aromatic rings. The number of rotatable bonds is 27. The van der Waals surface area contributed by atoms with E-state index in [1.807, 2.05) is 6.92 Å². The Balaban J connectivity index is 0.776. The van der Waals surface area contributed by atoms with E-state index in [-0.39, 0.29) is 122 Å². The molecule has 0 radical (unpaired) electrons. The van der Waals surface area contributed by atoms with E-state index in [4.69, 9.17) is 0 Å². The van der Waals surface area contributed by atoms with E-state index in [9.17, 15) is 52.7 Å². The highest BCUT2D eigenvalue weighted by atomic mass is 16.2. The third-order valence-corrected chi connectivity index (χ3v) is 13.0. The van der Waals surface area contributed by atoms with Gasteiger partial charge in [-0.3, -0.25) is 52.7 Å². The van der Waals surface area contributed by atoms with Crippen molar-refractivity contribution in [3.05, 3.63) is 102 Å². The van der Waals surface area contributed by atoms with Gasteiger partial charge in [-0.25, -0.2) is 19.9 Å². The number of carbonyl (C=O) groups excluding carboxylic acids is 11. The van der Waals surface area contributed by atoms with Gasteiger partial charge in [0.25, 0.3) is 41.4 Å². The molecule has 7 rings (SSSR count). The smallest absolute Gasteiger partial charge is 0.291 e. The summed E-state index contributed by atoms with van der Waals surface area (Å²) < 4.78 is 8.81. The minimum absolute atomic E-state index is 0.0178. The fourth-order valence-corrected chi connectivity index (χ4v) is 8.70. The third-order valence-electron chi connectivity index (χ3n) is 13.0. The predicted molar refractivity (Wildman–Crippen MR) is 309 cm³/mol. The van der Waals surface area contributed by atoms with E-state index in [0.717, 1.165) is 6.42 Å². The van der Waals surface area contributed by atoms with Crippen LogP contribution in [-0.4, -0.2) is 170 Å². The zero-order chi connectivity index (χ0) is 62.4. The molecule has 7 heterocycles. The zero-order valence-electron chi connectivity index (χ0n) is 48.5. The molecule has 33 heteroatoms. The topological polar surface area (TPSA) is 404 Å². The summed E-state index contributed by atoms with van der Waals surface area (Å²) in [5.41, 5.74) is 1.34. The third kappa shape index (κ3) is 16.6. The highest BCUT2D eigenvalue weighted by molar-refractivity contribution is 6.05. The second-order valence-corrected chi connectivity index (χ2v) is 19.9. The molecule has 6 aromatic heterocycles. The van der Waals surface area contributed by atoms with E-state index in [2.05, 4.69) is 78.4 Å². The Bertz CT molecular complexity index is 3610. The van der Waals surface area contributed by atoms with Crippen LogP contribution in [0.15, 0.2) is 67.3 Å². The summed E-state index contributed by atoms with van der Waals surface area (Å²) in [4.78, 5) is 159. The van der Waals surface area contributed by atoms with Crippen LogP contribution in [0, 0.1) is 0 Å². The second kappa shape index (κ2) is 28.4. The van der Waals surface area contributed by atoms with Gasteiger partial charge >= 0.3 is 0 Å². The van der Waals surface area contributed by atoms with Crippen LogP contribution in [0.4, 0.5) is 28.8 Å². The Morgan fingerprint density at radius 2 is 0.895 bits per heavy atom. The molecule has 0 aromatic carbocycles. The zero-order valence-corrected chi connectivity index (χ0v) is 48.5. The summed E-state index contributed by atoms with van der Waals surface area (Å²) in [6.07, 6.45) is 12.6. The summed E-state index contributed by atoms with van der Waals surface area (Å²) in [6, 6.07) is 2.34. The van der Waals surface area contributed by atoms with Crippen molar-refractivity contribution in [1.82, 2.24) is 84.1 Å². The van der Waals surface area contributed by atoms with Crippen LogP contribution in [0.3, 0.4) is 0 Å². The standard InChI is InChI=1S/C53H68N22O11/c1-9-14-54-39(76)10-15-58-51(84)45-67-38(29-74(45)7)68-49(82)35-21-30(24-72(35)5)60-40(77)11-18-59-50(83)44-65-36(27-73(44)6)63-41(78)12-16-57-48(81)34-23-32(26-71(34)4)62-53(86)46-66-37(28-75(46)8)64-42(79)13-17-56-47(80)33-22-31(25-70(33)3)61-52(85)43-55-19-20-69(43)2/h19-25,27-29,32H,9-18,26H2,1-8H3,(H,54,76)(H,56,80)(H,57,81)(H,58,84)(H,59,83)(H,60,77)(H,61,85)(H,62,86)(H,63,78)(H,64,79)(H,68,82). The van der Waals surface area contributed by atoms with E-state index in [1.54, 1.807) is 77.3 Å². The quantitative estimate of drug-likeness (QED) is 0.0296. The van der Waals surface area contributed by atoms with Crippen LogP contribution in [0.2, 0.25) is 0 Å². The van der Waals surface area contributed by atoms with Crippen molar-refractivity contribution in [2.24, 2.45) is 42.3 Å². The lowest BCUT2D eigenvalue weighted by atomic mass is 10.3. The summed E-state index contributed by atoms with van der Waals surface area (Å²) in [5.74, 6) is -4.99. The number of aromatic nitrogens is 10. The van der Waals surface area contributed by atoms with Crippen LogP contribution in [-0.2, 0) is 66.3 Å². The number of imidazole rings is 4. The van der Waals surface area contributed by atoms with Crippen molar-refractivity contribution >= 4 is 93.8 Å². The van der Waals surface area contributed by atoms with Gasteiger partial charge in [0.15, 0.2) is 23.3 Å². The van der Waals surface area contributed by atoms with Crippen molar-refractivity contribution in [3.8, 4) is 0 Å². The maximum absolute atomic E-state index is 13.3. The van der Waals surface area contributed by atoms with E-state index < -0.39 is 65.1 Å². The molecule has 1 aliphatic rings. The molecule has 11 amide bonds. The fraction of sp³-hybridized carbons (Fsp3) is 0.377. The normalized spacial score (nSPS) is 12.6. The second-order valence-electron chi connectivity index (χ2n) is 19.9. The van der Waals surface area contributed by atoms with Gasteiger partial charge in [0.1, 0.15) is 17.1 Å². The Morgan fingerprint density at radius 3 is 1.41 bits per heavy atom. The number of nitrogens with one attached hydrogen (secondary N) is 11. The Labute approximate surface area is 491 Å². The van der Waals surface area contributed by atoms with Gasteiger partial charge in [-0.05, 0) is 24.6 Å². The van der Waals surface area contributed by atoms with Gasteiger partial charge in [-0.2, -0.15) is 0 Å². The minimum atomic E-state index is -0.627. The fourth-order valence-electron chi connectivity index (χ4n) is 8.70. The monoisotopic (exact) mass is 1190 g/mol. The number of carbonyl (C=O) groups is 11. The maximum Gasteiger partial charge on any atom is 0.291 e. The number of hydrogen-bond donors (Lipinski definition) is 11.